The molecule has 0 bridgehead atoms. The van der Waals surface area contributed by atoms with E-state index in [1.807, 2.05) is 4.90 Å². The minimum Gasteiger partial charge on any atom is -0.371 e. The van der Waals surface area contributed by atoms with Crippen LogP contribution in [0.25, 0.3) is 5.70 Å². The average molecular weight is 433 g/mol. The normalized spacial score (nSPS) is 18.4. The van der Waals surface area contributed by atoms with Gasteiger partial charge in [-0.2, -0.15) is 13.2 Å². The van der Waals surface area contributed by atoms with Crippen LogP contribution < -0.4 is 10.2 Å². The van der Waals surface area contributed by atoms with E-state index >= 15 is 0 Å². The number of benzene rings is 2. The van der Waals surface area contributed by atoms with Crippen LogP contribution in [0.2, 0.25) is 0 Å². The summed E-state index contributed by atoms with van der Waals surface area (Å²) in [6.07, 6.45) is -0.120. The minimum absolute atomic E-state index is 0.219. The Morgan fingerprint density at radius 1 is 0.968 bits per heavy atom. The predicted octanol–water partition coefficient (Wildman–Crippen LogP) is 5.99. The lowest BCUT2D eigenvalue weighted by atomic mass is 10.0. The van der Waals surface area contributed by atoms with Gasteiger partial charge >= 0.3 is 6.18 Å². The van der Waals surface area contributed by atoms with Gasteiger partial charge in [-0.3, -0.25) is 0 Å². The molecule has 2 aromatic carbocycles. The van der Waals surface area contributed by atoms with Crippen LogP contribution in [0.4, 0.5) is 28.9 Å². The summed E-state index contributed by atoms with van der Waals surface area (Å²) in [5, 5.41) is 2.88. The van der Waals surface area contributed by atoms with E-state index in [4.69, 9.17) is 0 Å². The molecule has 166 valence electrons. The Kier molecular flexibility index (Phi) is 6.23. The quantitative estimate of drug-likeness (QED) is 0.584. The monoisotopic (exact) mass is 433 g/mol. The second-order valence-electron chi connectivity index (χ2n) is 8.31. The number of hydrogen-bond acceptors (Lipinski definition) is 3. The summed E-state index contributed by atoms with van der Waals surface area (Å²) in [5.41, 5.74) is 0.498. The van der Waals surface area contributed by atoms with Crippen molar-refractivity contribution in [1.82, 2.24) is 4.90 Å². The molecule has 0 saturated carbocycles. The zero-order valence-corrected chi connectivity index (χ0v) is 17.4. The molecular formula is C24H27F4N3. The van der Waals surface area contributed by atoms with Gasteiger partial charge in [0.05, 0.1) is 5.56 Å². The molecule has 0 aliphatic carbocycles. The Bertz CT molecular complexity index is 927. The lowest BCUT2D eigenvalue weighted by Crippen LogP contribution is -2.43. The molecule has 1 N–H and O–H groups in total. The Labute approximate surface area is 180 Å². The third-order valence-corrected chi connectivity index (χ3v) is 6.23. The summed E-state index contributed by atoms with van der Waals surface area (Å²) >= 11 is 0. The maximum absolute atomic E-state index is 14.1. The number of halogens is 4. The molecule has 0 atom stereocenters. The third-order valence-electron chi connectivity index (χ3n) is 6.23. The summed E-state index contributed by atoms with van der Waals surface area (Å²) in [6.45, 7) is 7.51. The third kappa shape index (κ3) is 5.03. The van der Waals surface area contributed by atoms with Crippen LogP contribution in [0.3, 0.4) is 0 Å². The maximum atomic E-state index is 14.1. The van der Waals surface area contributed by atoms with Crippen molar-refractivity contribution in [1.29, 1.82) is 0 Å². The lowest BCUT2D eigenvalue weighted by Gasteiger charge is -2.38. The van der Waals surface area contributed by atoms with Crippen LogP contribution in [-0.2, 0) is 6.18 Å². The number of nitrogens with one attached hydrogen (secondary N) is 1. The topological polar surface area (TPSA) is 18.5 Å². The molecule has 7 heteroatoms. The average Bonchev–Trinajstić information content (AvgIpc) is 3.28. The van der Waals surface area contributed by atoms with E-state index in [-0.39, 0.29) is 16.9 Å². The molecule has 31 heavy (non-hydrogen) atoms. The summed E-state index contributed by atoms with van der Waals surface area (Å²) < 4.78 is 54.8. The van der Waals surface area contributed by atoms with Crippen molar-refractivity contribution in [3.8, 4) is 0 Å². The van der Waals surface area contributed by atoms with Crippen LogP contribution in [0.1, 0.15) is 36.8 Å². The molecule has 3 nitrogen and oxygen atoms in total. The first-order valence-corrected chi connectivity index (χ1v) is 10.7. The van der Waals surface area contributed by atoms with Gasteiger partial charge in [0.15, 0.2) is 0 Å². The first-order valence-electron chi connectivity index (χ1n) is 10.7. The van der Waals surface area contributed by atoms with E-state index in [9.17, 15) is 17.6 Å². The van der Waals surface area contributed by atoms with E-state index in [1.54, 1.807) is 24.3 Å². The fraction of sp³-hybridized carbons (Fsp3) is 0.417. The molecular weight excluding hydrogens is 406 g/mol. The smallest absolute Gasteiger partial charge is 0.371 e. The molecule has 2 fully saturated rings. The summed E-state index contributed by atoms with van der Waals surface area (Å²) in [4.78, 5) is 4.52. The zero-order chi connectivity index (χ0) is 22.0. The van der Waals surface area contributed by atoms with Crippen molar-refractivity contribution in [3.05, 3.63) is 66.0 Å². The lowest BCUT2D eigenvalue weighted by molar-refractivity contribution is -0.137. The predicted molar refractivity (Wildman–Crippen MR) is 117 cm³/mol. The highest BCUT2D eigenvalue weighted by atomic mass is 19.4. The van der Waals surface area contributed by atoms with Crippen LogP contribution >= 0.6 is 0 Å². The van der Waals surface area contributed by atoms with E-state index in [2.05, 4.69) is 16.8 Å². The van der Waals surface area contributed by atoms with Gasteiger partial charge in [0.1, 0.15) is 5.82 Å². The number of piperidine rings is 1. The van der Waals surface area contributed by atoms with E-state index < -0.39 is 17.6 Å². The highest BCUT2D eigenvalue weighted by molar-refractivity contribution is 5.77. The number of rotatable bonds is 5. The largest absolute Gasteiger partial charge is 0.416 e. The molecule has 0 amide bonds. The molecule has 0 aromatic heterocycles. The van der Waals surface area contributed by atoms with Crippen molar-refractivity contribution in [2.24, 2.45) is 0 Å². The van der Waals surface area contributed by atoms with Gasteiger partial charge in [0, 0.05) is 41.8 Å². The van der Waals surface area contributed by atoms with Gasteiger partial charge in [0.2, 0.25) is 0 Å². The van der Waals surface area contributed by atoms with Crippen LogP contribution in [0, 0.1) is 5.82 Å². The number of hydrogen-bond donors (Lipinski definition) is 1. The maximum Gasteiger partial charge on any atom is 0.416 e. The molecule has 2 aliphatic heterocycles. The molecule has 0 spiro atoms. The SMILES string of the molecule is C=C(Nc1cc(N2CCC(N3CCCC3)CC2)cc(C(F)(F)F)c1)c1ccccc1F. The van der Waals surface area contributed by atoms with Crippen molar-refractivity contribution in [2.45, 2.75) is 37.9 Å². The number of likely N-dealkylation sites (tertiary alicyclic amines) is 1. The second kappa shape index (κ2) is 8.91. The van der Waals surface area contributed by atoms with Gasteiger partial charge < -0.3 is 15.1 Å². The van der Waals surface area contributed by atoms with Gasteiger partial charge in [-0.05, 0) is 69.1 Å². The molecule has 2 heterocycles. The highest BCUT2D eigenvalue weighted by Crippen LogP contribution is 2.36. The van der Waals surface area contributed by atoms with Crippen LogP contribution in [-0.4, -0.2) is 37.1 Å². The fourth-order valence-corrected chi connectivity index (χ4v) is 4.57. The van der Waals surface area contributed by atoms with E-state index in [0.717, 1.165) is 45.1 Å². The summed E-state index contributed by atoms with van der Waals surface area (Å²) in [5.74, 6) is -0.476. The number of alkyl halides is 3. The van der Waals surface area contributed by atoms with Crippen molar-refractivity contribution in [2.75, 3.05) is 36.4 Å². The van der Waals surface area contributed by atoms with E-state index in [1.165, 1.54) is 25.0 Å². The Balaban J connectivity index is 1.54. The Morgan fingerprint density at radius 2 is 1.65 bits per heavy atom. The first-order chi connectivity index (χ1) is 14.8. The van der Waals surface area contributed by atoms with Crippen LogP contribution in [0.5, 0.6) is 0 Å². The molecule has 4 rings (SSSR count). The minimum atomic E-state index is -4.47. The van der Waals surface area contributed by atoms with Crippen molar-refractivity contribution >= 4 is 17.1 Å². The Morgan fingerprint density at radius 3 is 2.29 bits per heavy atom. The van der Waals surface area contributed by atoms with Crippen LogP contribution in [0.15, 0.2) is 49.0 Å². The fourth-order valence-electron chi connectivity index (χ4n) is 4.57. The standard InChI is InChI=1S/C24H27F4N3/c1-17(22-6-2-3-7-23(22)25)29-19-14-18(24(26,27)28)15-21(16-19)31-12-8-20(9-13-31)30-10-4-5-11-30/h2-3,6-7,14-16,20,29H,1,4-5,8-13H2. The molecule has 0 radical (unpaired) electrons. The van der Waals surface area contributed by atoms with Crippen molar-refractivity contribution in [3.63, 3.8) is 0 Å². The molecule has 2 saturated heterocycles. The van der Waals surface area contributed by atoms with Gasteiger partial charge in [-0.1, -0.05) is 18.7 Å². The van der Waals surface area contributed by atoms with Gasteiger partial charge in [-0.15, -0.1) is 0 Å². The van der Waals surface area contributed by atoms with Crippen molar-refractivity contribution < 1.29 is 17.6 Å². The zero-order valence-electron chi connectivity index (χ0n) is 17.4. The molecule has 2 aromatic rings. The Hall–Kier alpha value is -2.54. The summed E-state index contributed by atoms with van der Waals surface area (Å²) in [6, 6.07) is 10.5. The first kappa shape index (κ1) is 21.7. The van der Waals surface area contributed by atoms with E-state index in [0.29, 0.717) is 11.7 Å². The number of anilines is 2. The van der Waals surface area contributed by atoms with Gasteiger partial charge in [-0.25, -0.2) is 4.39 Å². The molecule has 0 unspecified atom stereocenters. The highest BCUT2D eigenvalue weighted by Gasteiger charge is 2.33. The molecule has 2 aliphatic rings. The van der Waals surface area contributed by atoms with Gasteiger partial charge in [0.25, 0.3) is 0 Å². The second-order valence-corrected chi connectivity index (χ2v) is 8.31. The number of nitrogens with zero attached hydrogens (tertiary/aromatic N) is 2. The summed E-state index contributed by atoms with van der Waals surface area (Å²) in [7, 11) is 0.